The molecule has 1 rings (SSSR count). The Balaban J connectivity index is 3.14. The van der Waals surface area contributed by atoms with E-state index >= 15 is 0 Å². The summed E-state index contributed by atoms with van der Waals surface area (Å²) < 4.78 is 6.56. The van der Waals surface area contributed by atoms with Gasteiger partial charge in [-0.05, 0) is 36.1 Å². The van der Waals surface area contributed by atoms with Gasteiger partial charge >= 0.3 is 0 Å². The van der Waals surface area contributed by atoms with Gasteiger partial charge in [-0.15, -0.1) is 0 Å². The molecule has 1 aromatic carbocycles. The van der Waals surface area contributed by atoms with Crippen LogP contribution in [0.5, 0.6) is 5.75 Å². The van der Waals surface area contributed by atoms with Crippen LogP contribution < -0.4 is 4.74 Å². The van der Waals surface area contributed by atoms with Crippen LogP contribution in [0.15, 0.2) is 18.2 Å². The lowest BCUT2D eigenvalue weighted by atomic mass is 9.85. The normalized spacial score (nSPS) is 11.4. The second-order valence-corrected chi connectivity index (χ2v) is 6.17. The standard InChI is InChI=1S/C14H19IO2/c1-10(16)11-7-12(14(2,3)4)9-13(8-11)17-6-5-15/h7-9H,5-6H2,1-4H3. The molecule has 0 aromatic heterocycles. The Labute approximate surface area is 117 Å². The summed E-state index contributed by atoms with van der Waals surface area (Å²) in [6.45, 7) is 8.66. The van der Waals surface area contributed by atoms with E-state index in [0.717, 1.165) is 21.3 Å². The second kappa shape index (κ2) is 5.85. The summed E-state index contributed by atoms with van der Waals surface area (Å²) in [6.07, 6.45) is 0. The van der Waals surface area contributed by atoms with E-state index in [4.69, 9.17) is 4.74 Å². The van der Waals surface area contributed by atoms with Crippen LogP contribution in [0, 0.1) is 0 Å². The van der Waals surface area contributed by atoms with Crippen LogP contribution >= 0.6 is 22.6 Å². The number of halogens is 1. The lowest BCUT2D eigenvalue weighted by Crippen LogP contribution is -2.13. The van der Waals surface area contributed by atoms with E-state index < -0.39 is 0 Å². The highest BCUT2D eigenvalue weighted by Crippen LogP contribution is 2.28. The molecule has 0 saturated heterocycles. The third-order valence-electron chi connectivity index (χ3n) is 2.52. The number of hydrogen-bond acceptors (Lipinski definition) is 2. The Kier molecular flexibility index (Phi) is 4.98. The van der Waals surface area contributed by atoms with Crippen molar-refractivity contribution in [1.29, 1.82) is 0 Å². The van der Waals surface area contributed by atoms with E-state index in [1.807, 2.05) is 18.2 Å². The molecule has 0 bridgehead atoms. The number of alkyl halides is 1. The molecule has 2 nitrogen and oxygen atoms in total. The largest absolute Gasteiger partial charge is 0.493 e. The molecule has 0 atom stereocenters. The number of Topliss-reactive ketones (excluding diaryl/α,β-unsaturated/α-hetero) is 1. The molecular weight excluding hydrogens is 327 g/mol. The summed E-state index contributed by atoms with van der Waals surface area (Å²) in [5, 5.41) is 0. The highest BCUT2D eigenvalue weighted by atomic mass is 127. The highest BCUT2D eigenvalue weighted by Gasteiger charge is 2.16. The molecule has 0 amide bonds. The summed E-state index contributed by atoms with van der Waals surface area (Å²) >= 11 is 2.27. The molecule has 0 fully saturated rings. The molecule has 0 N–H and O–H groups in total. The van der Waals surface area contributed by atoms with Crippen molar-refractivity contribution in [2.75, 3.05) is 11.0 Å². The fourth-order valence-corrected chi connectivity index (χ4v) is 1.70. The lowest BCUT2D eigenvalue weighted by molar-refractivity contribution is 0.101. The third-order valence-corrected chi connectivity index (χ3v) is 2.97. The fourth-order valence-electron chi connectivity index (χ4n) is 1.48. The van der Waals surface area contributed by atoms with Crippen molar-refractivity contribution >= 4 is 28.4 Å². The SMILES string of the molecule is CC(=O)c1cc(OCCI)cc(C(C)(C)C)c1. The minimum Gasteiger partial charge on any atom is -0.493 e. The van der Waals surface area contributed by atoms with Gasteiger partial charge in [0.25, 0.3) is 0 Å². The van der Waals surface area contributed by atoms with E-state index in [2.05, 4.69) is 43.4 Å². The maximum atomic E-state index is 11.5. The maximum Gasteiger partial charge on any atom is 0.159 e. The number of carbonyl (C=O) groups excluding carboxylic acids is 1. The van der Waals surface area contributed by atoms with Crippen molar-refractivity contribution in [3.05, 3.63) is 29.3 Å². The Bertz CT molecular complexity index is 405. The maximum absolute atomic E-state index is 11.5. The topological polar surface area (TPSA) is 26.3 Å². The number of benzene rings is 1. The first-order valence-corrected chi connectivity index (χ1v) is 7.22. The highest BCUT2D eigenvalue weighted by molar-refractivity contribution is 14.1. The Morgan fingerprint density at radius 1 is 1.29 bits per heavy atom. The van der Waals surface area contributed by atoms with Gasteiger partial charge in [0, 0.05) is 9.99 Å². The zero-order valence-corrected chi connectivity index (χ0v) is 13.0. The van der Waals surface area contributed by atoms with Crippen LogP contribution in [-0.2, 0) is 5.41 Å². The van der Waals surface area contributed by atoms with Gasteiger partial charge in [0.2, 0.25) is 0 Å². The van der Waals surface area contributed by atoms with Crippen LogP contribution in [-0.4, -0.2) is 16.8 Å². The van der Waals surface area contributed by atoms with Crippen LogP contribution in [0.2, 0.25) is 0 Å². The molecule has 0 aliphatic heterocycles. The van der Waals surface area contributed by atoms with Crippen LogP contribution in [0.25, 0.3) is 0 Å². The summed E-state index contributed by atoms with van der Waals surface area (Å²) in [4.78, 5) is 11.5. The lowest BCUT2D eigenvalue weighted by Gasteiger charge is -2.21. The van der Waals surface area contributed by atoms with Gasteiger partial charge in [-0.3, -0.25) is 4.79 Å². The van der Waals surface area contributed by atoms with Gasteiger partial charge in [-0.1, -0.05) is 43.4 Å². The zero-order chi connectivity index (χ0) is 13.1. The van der Waals surface area contributed by atoms with Gasteiger partial charge in [0.15, 0.2) is 5.78 Å². The number of hydrogen-bond donors (Lipinski definition) is 0. The predicted octanol–water partition coefficient (Wildman–Crippen LogP) is 4.00. The first-order valence-electron chi connectivity index (χ1n) is 5.70. The summed E-state index contributed by atoms with van der Waals surface area (Å²) in [5.74, 6) is 0.870. The van der Waals surface area contributed by atoms with Crippen molar-refractivity contribution in [3.8, 4) is 5.75 Å². The predicted molar refractivity (Wildman–Crippen MR) is 79.5 cm³/mol. The minimum atomic E-state index is 0.0217. The van der Waals surface area contributed by atoms with E-state index in [-0.39, 0.29) is 11.2 Å². The van der Waals surface area contributed by atoms with Crippen LogP contribution in [0.4, 0.5) is 0 Å². The molecule has 1 aromatic rings. The smallest absolute Gasteiger partial charge is 0.159 e. The van der Waals surface area contributed by atoms with Gasteiger partial charge in [-0.25, -0.2) is 0 Å². The summed E-state index contributed by atoms with van der Waals surface area (Å²) in [5.41, 5.74) is 1.88. The zero-order valence-electron chi connectivity index (χ0n) is 10.8. The van der Waals surface area contributed by atoms with Gasteiger partial charge in [-0.2, -0.15) is 0 Å². The molecule has 3 heteroatoms. The van der Waals surface area contributed by atoms with Crippen molar-refractivity contribution < 1.29 is 9.53 Å². The monoisotopic (exact) mass is 346 g/mol. The van der Waals surface area contributed by atoms with Crippen LogP contribution in [0.3, 0.4) is 0 Å². The third kappa shape index (κ3) is 4.30. The Morgan fingerprint density at radius 2 is 1.94 bits per heavy atom. The first-order chi connectivity index (χ1) is 7.84. The first kappa shape index (κ1) is 14.5. The van der Waals surface area contributed by atoms with Gasteiger partial charge in [0.05, 0.1) is 6.61 Å². The molecule has 0 heterocycles. The molecule has 0 unspecified atom stereocenters. The van der Waals surface area contributed by atoms with Gasteiger partial charge in [0.1, 0.15) is 5.75 Å². The molecule has 0 aliphatic carbocycles. The molecule has 17 heavy (non-hydrogen) atoms. The summed E-state index contributed by atoms with van der Waals surface area (Å²) in [7, 11) is 0. The molecule has 0 aliphatic rings. The Hall–Kier alpha value is -0.580. The van der Waals surface area contributed by atoms with E-state index in [1.54, 1.807) is 6.92 Å². The average Bonchev–Trinajstić information content (AvgIpc) is 2.24. The Morgan fingerprint density at radius 3 is 2.41 bits per heavy atom. The van der Waals surface area contributed by atoms with Gasteiger partial charge < -0.3 is 4.74 Å². The van der Waals surface area contributed by atoms with Crippen LogP contribution in [0.1, 0.15) is 43.6 Å². The molecular formula is C14H19IO2. The fraction of sp³-hybridized carbons (Fsp3) is 0.500. The minimum absolute atomic E-state index is 0.0217. The number of ketones is 1. The van der Waals surface area contributed by atoms with E-state index in [0.29, 0.717) is 6.61 Å². The molecule has 0 radical (unpaired) electrons. The number of rotatable bonds is 4. The van der Waals surface area contributed by atoms with Crippen molar-refractivity contribution in [2.24, 2.45) is 0 Å². The second-order valence-electron chi connectivity index (χ2n) is 5.09. The van der Waals surface area contributed by atoms with Crippen molar-refractivity contribution in [1.82, 2.24) is 0 Å². The number of carbonyl (C=O) groups is 1. The van der Waals surface area contributed by atoms with E-state index in [9.17, 15) is 4.79 Å². The number of ether oxygens (including phenoxy) is 1. The van der Waals surface area contributed by atoms with E-state index in [1.165, 1.54) is 0 Å². The molecule has 0 spiro atoms. The van der Waals surface area contributed by atoms with Crippen molar-refractivity contribution in [3.63, 3.8) is 0 Å². The molecule has 94 valence electrons. The quantitative estimate of drug-likeness (QED) is 0.468. The average molecular weight is 346 g/mol. The van der Waals surface area contributed by atoms with Crippen molar-refractivity contribution in [2.45, 2.75) is 33.1 Å². The molecule has 0 saturated carbocycles. The summed E-state index contributed by atoms with van der Waals surface area (Å²) in [6, 6.07) is 5.81.